The second kappa shape index (κ2) is 6.94. The van der Waals surface area contributed by atoms with Gasteiger partial charge in [0.2, 0.25) is 5.95 Å². The van der Waals surface area contributed by atoms with Crippen LogP contribution in [0.2, 0.25) is 0 Å². The molecule has 5 nitrogen and oxygen atoms in total. The van der Waals surface area contributed by atoms with E-state index in [-0.39, 0.29) is 12.0 Å². The number of pyridine rings is 1. The lowest BCUT2D eigenvalue weighted by atomic mass is 10.0. The molecule has 0 aliphatic heterocycles. The molecule has 1 aliphatic rings. The number of nitrogens with zero attached hydrogens (tertiary/aromatic N) is 1. The van der Waals surface area contributed by atoms with Gasteiger partial charge in [-0.25, -0.2) is 9.78 Å². The van der Waals surface area contributed by atoms with Crippen molar-refractivity contribution in [3.63, 3.8) is 0 Å². The van der Waals surface area contributed by atoms with Crippen molar-refractivity contribution in [2.24, 2.45) is 5.92 Å². The Balaban J connectivity index is 1.84. The fourth-order valence-electron chi connectivity index (χ4n) is 2.68. The van der Waals surface area contributed by atoms with Gasteiger partial charge in [0.1, 0.15) is 11.4 Å². The summed E-state index contributed by atoms with van der Waals surface area (Å²) in [4.78, 5) is 15.5. The summed E-state index contributed by atoms with van der Waals surface area (Å²) < 4.78 is 18.4. The molecule has 1 aromatic rings. The molecule has 0 aromatic carbocycles. The quantitative estimate of drug-likeness (QED) is 0.838. The zero-order chi connectivity index (χ0) is 16.2. The van der Waals surface area contributed by atoms with E-state index in [0.717, 1.165) is 19.3 Å². The molecule has 122 valence electrons. The number of halogens is 1. The summed E-state index contributed by atoms with van der Waals surface area (Å²) in [7, 11) is 0. The number of hydrogen-bond donors (Lipinski definition) is 2. The van der Waals surface area contributed by atoms with E-state index in [4.69, 9.17) is 4.74 Å². The van der Waals surface area contributed by atoms with Gasteiger partial charge in [-0.15, -0.1) is 0 Å². The molecule has 6 heteroatoms. The lowest BCUT2D eigenvalue weighted by molar-refractivity contribution is 0.0519. The molecule has 1 aliphatic carbocycles. The van der Waals surface area contributed by atoms with E-state index in [1.807, 2.05) is 20.8 Å². The Labute approximate surface area is 130 Å². The molecule has 1 aromatic heterocycles. The molecule has 1 amide bonds. The number of ether oxygens (including phenoxy) is 1. The van der Waals surface area contributed by atoms with Crippen molar-refractivity contribution in [3.8, 4) is 0 Å². The van der Waals surface area contributed by atoms with Gasteiger partial charge in [0.15, 0.2) is 0 Å². The number of carbonyl (C=O) groups excluding carboxylic acids is 1. The van der Waals surface area contributed by atoms with Crippen LogP contribution in [0.1, 0.15) is 40.0 Å². The minimum absolute atomic E-state index is 0.184. The summed E-state index contributed by atoms with van der Waals surface area (Å²) in [6, 6.07) is 4.89. The van der Waals surface area contributed by atoms with E-state index in [1.54, 1.807) is 12.1 Å². The SMILES string of the molecule is CC(C)(C)OC(=O)NCC1CCCC1Nc1cccc(F)n1. The zero-order valence-electron chi connectivity index (χ0n) is 13.4. The van der Waals surface area contributed by atoms with Crippen molar-refractivity contribution in [3.05, 3.63) is 24.1 Å². The van der Waals surface area contributed by atoms with Gasteiger partial charge in [-0.2, -0.15) is 4.39 Å². The molecular weight excluding hydrogens is 285 g/mol. The molecule has 1 saturated carbocycles. The predicted molar refractivity (Wildman–Crippen MR) is 83.2 cm³/mol. The molecule has 2 atom stereocenters. The van der Waals surface area contributed by atoms with Crippen molar-refractivity contribution in [1.82, 2.24) is 10.3 Å². The van der Waals surface area contributed by atoms with E-state index in [9.17, 15) is 9.18 Å². The Morgan fingerprint density at radius 1 is 1.41 bits per heavy atom. The minimum atomic E-state index is -0.497. The van der Waals surface area contributed by atoms with Gasteiger partial charge in [0, 0.05) is 12.6 Å². The second-order valence-corrected chi connectivity index (χ2v) is 6.67. The number of aromatic nitrogens is 1. The molecule has 0 radical (unpaired) electrons. The van der Waals surface area contributed by atoms with Crippen molar-refractivity contribution in [2.45, 2.75) is 51.7 Å². The molecular formula is C16H24FN3O2. The molecule has 0 saturated heterocycles. The Morgan fingerprint density at radius 3 is 2.86 bits per heavy atom. The number of rotatable bonds is 4. The number of hydrogen-bond acceptors (Lipinski definition) is 4. The molecule has 22 heavy (non-hydrogen) atoms. The van der Waals surface area contributed by atoms with Crippen LogP contribution in [0.5, 0.6) is 0 Å². The van der Waals surface area contributed by atoms with E-state index in [0.29, 0.717) is 12.4 Å². The monoisotopic (exact) mass is 309 g/mol. The third kappa shape index (κ3) is 5.16. The van der Waals surface area contributed by atoms with Crippen molar-refractivity contribution < 1.29 is 13.9 Å². The molecule has 1 fully saturated rings. The summed E-state index contributed by atoms with van der Waals surface area (Å²) in [5, 5.41) is 6.07. The third-order valence-corrected chi connectivity index (χ3v) is 3.61. The molecule has 0 spiro atoms. The van der Waals surface area contributed by atoms with Crippen LogP contribution in [0.3, 0.4) is 0 Å². The van der Waals surface area contributed by atoms with E-state index < -0.39 is 17.6 Å². The average Bonchev–Trinajstić information content (AvgIpc) is 2.82. The second-order valence-electron chi connectivity index (χ2n) is 6.67. The number of alkyl carbamates (subject to hydrolysis) is 1. The van der Waals surface area contributed by atoms with Crippen LogP contribution < -0.4 is 10.6 Å². The standard InChI is InChI=1S/C16H24FN3O2/c1-16(2,3)22-15(21)18-10-11-6-4-7-12(11)19-14-9-5-8-13(17)20-14/h5,8-9,11-12H,4,6-7,10H2,1-3H3,(H,18,21)(H,19,20). The molecule has 2 rings (SSSR count). The topological polar surface area (TPSA) is 63.2 Å². The summed E-state index contributed by atoms with van der Waals surface area (Å²) >= 11 is 0. The zero-order valence-corrected chi connectivity index (χ0v) is 13.4. The smallest absolute Gasteiger partial charge is 0.407 e. The summed E-state index contributed by atoms with van der Waals surface area (Å²) in [5.74, 6) is 0.332. The Kier molecular flexibility index (Phi) is 5.21. The summed E-state index contributed by atoms with van der Waals surface area (Å²) in [5.41, 5.74) is -0.497. The van der Waals surface area contributed by atoms with Gasteiger partial charge in [-0.1, -0.05) is 12.5 Å². The fraction of sp³-hybridized carbons (Fsp3) is 0.625. The molecule has 0 bridgehead atoms. The Morgan fingerprint density at radius 2 is 2.18 bits per heavy atom. The first-order chi connectivity index (χ1) is 10.3. The molecule has 2 unspecified atom stereocenters. The minimum Gasteiger partial charge on any atom is -0.444 e. The van der Waals surface area contributed by atoms with Crippen LogP contribution in [0.25, 0.3) is 0 Å². The highest BCUT2D eigenvalue weighted by Crippen LogP contribution is 2.27. The van der Waals surface area contributed by atoms with Gasteiger partial charge in [0.25, 0.3) is 0 Å². The highest BCUT2D eigenvalue weighted by molar-refractivity contribution is 5.67. The predicted octanol–water partition coefficient (Wildman–Crippen LogP) is 3.33. The number of nitrogens with one attached hydrogen (secondary N) is 2. The van der Waals surface area contributed by atoms with Crippen LogP contribution in [0, 0.1) is 11.9 Å². The van der Waals surface area contributed by atoms with Crippen LogP contribution in [-0.2, 0) is 4.74 Å². The van der Waals surface area contributed by atoms with Crippen LogP contribution in [-0.4, -0.2) is 29.3 Å². The average molecular weight is 309 g/mol. The third-order valence-electron chi connectivity index (χ3n) is 3.61. The lowest BCUT2D eigenvalue weighted by Crippen LogP contribution is -2.38. The fourth-order valence-corrected chi connectivity index (χ4v) is 2.68. The first-order valence-corrected chi connectivity index (χ1v) is 7.69. The van der Waals surface area contributed by atoms with Gasteiger partial charge in [-0.3, -0.25) is 0 Å². The summed E-state index contributed by atoms with van der Waals surface area (Å²) in [6.07, 6.45) is 2.68. The van der Waals surface area contributed by atoms with E-state index >= 15 is 0 Å². The molecule has 2 N–H and O–H groups in total. The first-order valence-electron chi connectivity index (χ1n) is 7.69. The Bertz CT molecular complexity index is 516. The number of carbonyl (C=O) groups is 1. The van der Waals surface area contributed by atoms with Crippen LogP contribution in [0.4, 0.5) is 15.0 Å². The van der Waals surface area contributed by atoms with Crippen LogP contribution >= 0.6 is 0 Å². The normalized spacial score (nSPS) is 21.5. The van der Waals surface area contributed by atoms with Gasteiger partial charge < -0.3 is 15.4 Å². The maximum atomic E-state index is 13.1. The maximum absolute atomic E-state index is 13.1. The highest BCUT2D eigenvalue weighted by Gasteiger charge is 2.28. The van der Waals surface area contributed by atoms with Crippen molar-refractivity contribution >= 4 is 11.9 Å². The summed E-state index contributed by atoms with van der Waals surface area (Å²) in [6.45, 7) is 6.05. The van der Waals surface area contributed by atoms with E-state index in [2.05, 4.69) is 15.6 Å². The number of anilines is 1. The molecule has 1 heterocycles. The van der Waals surface area contributed by atoms with Gasteiger partial charge >= 0.3 is 6.09 Å². The maximum Gasteiger partial charge on any atom is 0.407 e. The van der Waals surface area contributed by atoms with Crippen LogP contribution in [0.15, 0.2) is 18.2 Å². The van der Waals surface area contributed by atoms with E-state index in [1.165, 1.54) is 6.07 Å². The first kappa shape index (κ1) is 16.5. The van der Waals surface area contributed by atoms with Gasteiger partial charge in [-0.05, 0) is 51.7 Å². The largest absolute Gasteiger partial charge is 0.444 e. The number of amides is 1. The lowest BCUT2D eigenvalue weighted by Gasteiger charge is -2.24. The Hall–Kier alpha value is -1.85. The highest BCUT2D eigenvalue weighted by atomic mass is 19.1. The van der Waals surface area contributed by atoms with Crippen molar-refractivity contribution in [2.75, 3.05) is 11.9 Å². The van der Waals surface area contributed by atoms with Gasteiger partial charge in [0.05, 0.1) is 0 Å². The van der Waals surface area contributed by atoms with Crippen molar-refractivity contribution in [1.29, 1.82) is 0 Å².